The van der Waals surface area contributed by atoms with Crippen molar-refractivity contribution in [2.75, 3.05) is 14.2 Å². The van der Waals surface area contributed by atoms with Crippen LogP contribution in [0.3, 0.4) is 0 Å². The molecule has 1 atom stereocenters. The van der Waals surface area contributed by atoms with Crippen LogP contribution in [0.4, 0.5) is 4.39 Å². The molecule has 0 saturated heterocycles. The van der Waals surface area contributed by atoms with Crippen molar-refractivity contribution in [3.05, 3.63) is 35.9 Å². The summed E-state index contributed by atoms with van der Waals surface area (Å²) in [5, 5.41) is 0.906. The van der Waals surface area contributed by atoms with Gasteiger partial charge in [0, 0.05) is 13.5 Å². The molecular weight excluding hydrogens is 209 g/mol. The fourth-order valence-corrected chi connectivity index (χ4v) is 1.47. The summed E-state index contributed by atoms with van der Waals surface area (Å²) in [4.78, 5) is 16.3. The number of hydrogen-bond acceptors (Lipinski definition) is 2. The standard InChI is InChI=1S/C12H16FNO2/c1-12(13,11(15)14(2)16-3)9-10-7-5-4-6-8-10/h4-8H,9H2,1-3H3. The fraction of sp³-hybridized carbons (Fsp3) is 0.417. The Labute approximate surface area is 94.8 Å². The predicted octanol–water partition coefficient (Wildman–Crippen LogP) is 1.98. The van der Waals surface area contributed by atoms with Crippen LogP contribution in [0, 0.1) is 0 Å². The monoisotopic (exact) mass is 225 g/mol. The number of rotatable bonds is 4. The van der Waals surface area contributed by atoms with Crippen LogP contribution >= 0.6 is 0 Å². The lowest BCUT2D eigenvalue weighted by Crippen LogP contribution is -2.43. The molecule has 16 heavy (non-hydrogen) atoms. The van der Waals surface area contributed by atoms with Gasteiger partial charge in [-0.25, -0.2) is 9.45 Å². The summed E-state index contributed by atoms with van der Waals surface area (Å²) < 4.78 is 14.1. The Hall–Kier alpha value is -1.42. The van der Waals surface area contributed by atoms with Gasteiger partial charge >= 0.3 is 0 Å². The van der Waals surface area contributed by atoms with Crippen molar-refractivity contribution in [2.45, 2.75) is 19.0 Å². The average Bonchev–Trinajstić information content (AvgIpc) is 2.27. The van der Waals surface area contributed by atoms with Crippen molar-refractivity contribution in [1.29, 1.82) is 0 Å². The van der Waals surface area contributed by atoms with E-state index in [0.717, 1.165) is 10.6 Å². The number of amides is 1. The van der Waals surface area contributed by atoms with Gasteiger partial charge in [-0.2, -0.15) is 0 Å². The molecule has 1 aromatic rings. The van der Waals surface area contributed by atoms with E-state index in [2.05, 4.69) is 4.84 Å². The van der Waals surface area contributed by atoms with Gasteiger partial charge in [-0.1, -0.05) is 30.3 Å². The number of halogens is 1. The third-order valence-corrected chi connectivity index (χ3v) is 2.38. The number of nitrogens with zero attached hydrogens (tertiary/aromatic N) is 1. The zero-order valence-corrected chi connectivity index (χ0v) is 9.74. The number of carbonyl (C=O) groups excluding carboxylic acids is 1. The van der Waals surface area contributed by atoms with Crippen LogP contribution in [0.5, 0.6) is 0 Å². The Morgan fingerprint density at radius 2 is 2.00 bits per heavy atom. The fourth-order valence-electron chi connectivity index (χ4n) is 1.47. The Morgan fingerprint density at radius 1 is 1.44 bits per heavy atom. The molecule has 3 nitrogen and oxygen atoms in total. The van der Waals surface area contributed by atoms with E-state index < -0.39 is 11.6 Å². The number of benzene rings is 1. The normalized spacial score (nSPS) is 14.2. The third-order valence-electron chi connectivity index (χ3n) is 2.38. The molecule has 1 amide bonds. The molecule has 0 saturated carbocycles. The molecule has 0 N–H and O–H groups in total. The zero-order chi connectivity index (χ0) is 12.2. The molecule has 0 radical (unpaired) electrons. The van der Waals surface area contributed by atoms with E-state index >= 15 is 0 Å². The molecule has 0 fully saturated rings. The van der Waals surface area contributed by atoms with Crippen LogP contribution in [-0.4, -0.2) is 30.8 Å². The minimum atomic E-state index is -1.95. The highest BCUT2D eigenvalue weighted by Crippen LogP contribution is 2.20. The largest absolute Gasteiger partial charge is 0.283 e. The van der Waals surface area contributed by atoms with Crippen LogP contribution in [0.2, 0.25) is 0 Å². The van der Waals surface area contributed by atoms with Crippen LogP contribution in [0.15, 0.2) is 30.3 Å². The second-order valence-electron chi connectivity index (χ2n) is 3.85. The summed E-state index contributed by atoms with van der Waals surface area (Å²) in [6.07, 6.45) is 0.0420. The molecule has 0 bridgehead atoms. The van der Waals surface area contributed by atoms with E-state index in [-0.39, 0.29) is 6.42 Å². The highest BCUT2D eigenvalue weighted by Gasteiger charge is 2.36. The maximum Gasteiger partial charge on any atom is 0.283 e. The lowest BCUT2D eigenvalue weighted by Gasteiger charge is -2.24. The maximum atomic E-state index is 14.1. The Kier molecular flexibility index (Phi) is 4.01. The van der Waals surface area contributed by atoms with Crippen molar-refractivity contribution in [3.63, 3.8) is 0 Å². The molecule has 0 aliphatic rings. The van der Waals surface area contributed by atoms with E-state index in [9.17, 15) is 9.18 Å². The Balaban J connectivity index is 2.75. The second-order valence-corrected chi connectivity index (χ2v) is 3.85. The van der Waals surface area contributed by atoms with Crippen LogP contribution in [-0.2, 0) is 16.1 Å². The molecule has 0 aromatic heterocycles. The van der Waals surface area contributed by atoms with Gasteiger partial charge in [-0.05, 0) is 12.5 Å². The van der Waals surface area contributed by atoms with Crippen molar-refractivity contribution in [3.8, 4) is 0 Å². The molecular formula is C12H16FNO2. The summed E-state index contributed by atoms with van der Waals surface area (Å²) in [5.41, 5.74) is -1.17. The molecule has 4 heteroatoms. The minimum Gasteiger partial charge on any atom is -0.274 e. The first kappa shape index (κ1) is 12.6. The van der Waals surface area contributed by atoms with E-state index in [4.69, 9.17) is 0 Å². The quantitative estimate of drug-likeness (QED) is 0.733. The first-order valence-corrected chi connectivity index (χ1v) is 5.02. The molecule has 88 valence electrons. The maximum absolute atomic E-state index is 14.1. The van der Waals surface area contributed by atoms with Crippen LogP contribution in [0.1, 0.15) is 12.5 Å². The van der Waals surface area contributed by atoms with Gasteiger partial charge in [-0.15, -0.1) is 0 Å². The van der Waals surface area contributed by atoms with Crippen molar-refractivity contribution < 1.29 is 14.0 Å². The van der Waals surface area contributed by atoms with Gasteiger partial charge in [0.05, 0.1) is 7.11 Å². The SMILES string of the molecule is CON(C)C(=O)C(C)(F)Cc1ccccc1. The van der Waals surface area contributed by atoms with E-state index in [0.29, 0.717) is 0 Å². The van der Waals surface area contributed by atoms with E-state index in [1.165, 1.54) is 21.1 Å². The Morgan fingerprint density at radius 3 is 2.50 bits per heavy atom. The molecule has 1 aromatic carbocycles. The highest BCUT2D eigenvalue weighted by molar-refractivity contribution is 5.83. The Bertz CT molecular complexity index is 351. The first-order valence-electron chi connectivity index (χ1n) is 5.02. The van der Waals surface area contributed by atoms with Crippen molar-refractivity contribution in [1.82, 2.24) is 5.06 Å². The molecule has 0 heterocycles. The summed E-state index contributed by atoms with van der Waals surface area (Å²) in [6, 6.07) is 9.06. The van der Waals surface area contributed by atoms with Gasteiger partial charge in [0.25, 0.3) is 5.91 Å². The van der Waals surface area contributed by atoms with Gasteiger partial charge in [0.15, 0.2) is 5.67 Å². The van der Waals surface area contributed by atoms with Gasteiger partial charge in [0.2, 0.25) is 0 Å². The first-order chi connectivity index (χ1) is 7.47. The highest BCUT2D eigenvalue weighted by atomic mass is 19.1. The van der Waals surface area contributed by atoms with Gasteiger partial charge in [0.1, 0.15) is 0 Å². The smallest absolute Gasteiger partial charge is 0.274 e. The van der Waals surface area contributed by atoms with Crippen molar-refractivity contribution in [2.24, 2.45) is 0 Å². The number of alkyl halides is 1. The third kappa shape index (κ3) is 3.03. The lowest BCUT2D eigenvalue weighted by molar-refractivity contribution is -0.180. The van der Waals surface area contributed by atoms with Gasteiger partial charge < -0.3 is 0 Å². The van der Waals surface area contributed by atoms with Crippen LogP contribution in [0.25, 0.3) is 0 Å². The zero-order valence-electron chi connectivity index (χ0n) is 9.74. The number of hydroxylamine groups is 2. The van der Waals surface area contributed by atoms with Gasteiger partial charge in [-0.3, -0.25) is 9.63 Å². The topological polar surface area (TPSA) is 29.5 Å². The summed E-state index contributed by atoms with van der Waals surface area (Å²) >= 11 is 0. The van der Waals surface area contributed by atoms with Crippen LogP contribution < -0.4 is 0 Å². The number of carbonyl (C=O) groups is 1. The molecule has 0 aliphatic carbocycles. The summed E-state index contributed by atoms with van der Waals surface area (Å²) in [7, 11) is 2.72. The molecule has 0 aliphatic heterocycles. The summed E-state index contributed by atoms with van der Waals surface area (Å²) in [6.45, 7) is 1.26. The number of hydrogen-bond donors (Lipinski definition) is 0. The molecule has 1 unspecified atom stereocenters. The second kappa shape index (κ2) is 5.07. The summed E-state index contributed by atoms with van der Waals surface area (Å²) in [5.74, 6) is -0.682. The lowest BCUT2D eigenvalue weighted by atomic mass is 9.97. The van der Waals surface area contributed by atoms with E-state index in [1.807, 2.05) is 18.2 Å². The van der Waals surface area contributed by atoms with E-state index in [1.54, 1.807) is 12.1 Å². The van der Waals surface area contributed by atoms with Crippen molar-refractivity contribution >= 4 is 5.91 Å². The molecule has 0 spiro atoms. The average molecular weight is 225 g/mol. The minimum absolute atomic E-state index is 0.0420. The molecule has 1 rings (SSSR count). The predicted molar refractivity (Wildman–Crippen MR) is 59.4 cm³/mol.